The van der Waals surface area contributed by atoms with Crippen molar-refractivity contribution in [2.75, 3.05) is 0 Å². The molecule has 144 valence electrons. The Labute approximate surface area is 193 Å². The van der Waals surface area contributed by atoms with Crippen molar-refractivity contribution in [3.05, 3.63) is 59.7 Å². The van der Waals surface area contributed by atoms with Crippen LogP contribution in [-0.4, -0.2) is 0 Å². The molecule has 2 aliphatic rings. The summed E-state index contributed by atoms with van der Waals surface area (Å²) in [7, 11) is 0. The van der Waals surface area contributed by atoms with E-state index in [-0.39, 0.29) is 38.5 Å². The van der Waals surface area contributed by atoms with Crippen molar-refractivity contribution in [3.8, 4) is 11.1 Å². The summed E-state index contributed by atoms with van der Waals surface area (Å²) in [5.74, 6) is 2.48. The molecule has 0 nitrogen and oxygen atoms in total. The molecule has 0 N–H and O–H groups in total. The van der Waals surface area contributed by atoms with Gasteiger partial charge in [-0.2, -0.15) is 12.1 Å². The number of benzene rings is 2. The Balaban J connectivity index is 0.00000225. The molecule has 3 heteroatoms. The normalized spacial score (nSPS) is 27.8. The summed E-state index contributed by atoms with van der Waals surface area (Å²) in [5, 5.41) is 0. The van der Waals surface area contributed by atoms with E-state index in [1.165, 1.54) is 63.5 Å². The molecular weight excluding hydrogens is 427 g/mol. The topological polar surface area (TPSA) is 0 Å². The molecule has 4 rings (SSSR count). The summed E-state index contributed by atoms with van der Waals surface area (Å²) in [6.45, 7) is 2.38. The van der Waals surface area contributed by atoms with Gasteiger partial charge in [-0.05, 0) is 79.4 Å². The van der Waals surface area contributed by atoms with Gasteiger partial charge in [-0.25, -0.2) is 8.78 Å². The Morgan fingerprint density at radius 3 is 2.07 bits per heavy atom. The minimum atomic E-state index is -0.452. The fourth-order valence-electron chi connectivity index (χ4n) is 5.31. The molecule has 0 aliphatic heterocycles. The molecule has 28 heavy (non-hydrogen) atoms. The van der Waals surface area contributed by atoms with Crippen molar-refractivity contribution in [2.45, 2.75) is 64.2 Å². The van der Waals surface area contributed by atoms with Gasteiger partial charge in [0.1, 0.15) is 5.82 Å². The number of rotatable bonds is 3. The van der Waals surface area contributed by atoms with Crippen molar-refractivity contribution in [2.24, 2.45) is 17.8 Å². The van der Waals surface area contributed by atoms with Crippen LogP contribution >= 0.6 is 0 Å². The Morgan fingerprint density at radius 2 is 1.46 bits per heavy atom. The maximum atomic E-state index is 14.7. The van der Waals surface area contributed by atoms with E-state index in [2.05, 4.69) is 13.0 Å². The molecule has 0 aromatic heterocycles. The first-order valence-corrected chi connectivity index (χ1v) is 10.6. The molecule has 2 saturated carbocycles. The maximum absolute atomic E-state index is 14.7. The number of hydrogen-bond acceptors (Lipinski definition) is 0. The van der Waals surface area contributed by atoms with Crippen LogP contribution in [0.1, 0.15) is 69.8 Å². The van der Waals surface area contributed by atoms with E-state index in [0.29, 0.717) is 17.0 Å². The van der Waals surface area contributed by atoms with Crippen LogP contribution < -0.4 is 0 Å². The fraction of sp³-hybridized carbons (Fsp3) is 0.520. The summed E-state index contributed by atoms with van der Waals surface area (Å²) in [4.78, 5) is 0. The first-order chi connectivity index (χ1) is 13.1. The third kappa shape index (κ3) is 5.11. The Morgan fingerprint density at radius 1 is 0.821 bits per heavy atom. The first-order valence-electron chi connectivity index (χ1n) is 10.6. The second-order valence-corrected chi connectivity index (χ2v) is 8.80. The van der Waals surface area contributed by atoms with Crippen LogP contribution in [0, 0.1) is 35.5 Å². The van der Waals surface area contributed by atoms with Gasteiger partial charge in [0.25, 0.3) is 0 Å². The number of halogens is 2. The third-order valence-electron chi connectivity index (χ3n) is 7.04. The van der Waals surface area contributed by atoms with E-state index >= 15 is 0 Å². The van der Waals surface area contributed by atoms with Crippen molar-refractivity contribution in [1.29, 1.82) is 0 Å². The molecular formula is C25H29F2Y+2. The van der Waals surface area contributed by atoms with E-state index in [0.717, 1.165) is 23.3 Å². The van der Waals surface area contributed by atoms with Gasteiger partial charge in [0.15, 0.2) is 0 Å². The predicted octanol–water partition coefficient (Wildman–Crippen LogP) is 7.53. The van der Waals surface area contributed by atoms with Crippen LogP contribution in [0.15, 0.2) is 36.4 Å². The minimum Gasteiger partial charge on any atom is -0.236 e. The van der Waals surface area contributed by atoms with E-state index in [4.69, 9.17) is 0 Å². The Kier molecular flexibility index (Phi) is 7.84. The zero-order valence-corrected chi connectivity index (χ0v) is 19.6. The van der Waals surface area contributed by atoms with Gasteiger partial charge in [0.2, 0.25) is 0 Å². The van der Waals surface area contributed by atoms with Crippen LogP contribution in [0.4, 0.5) is 8.78 Å². The van der Waals surface area contributed by atoms with Crippen molar-refractivity contribution in [3.63, 3.8) is 0 Å². The van der Waals surface area contributed by atoms with Gasteiger partial charge in [0, 0.05) is 5.82 Å². The smallest absolute Gasteiger partial charge is 0.236 e. The van der Waals surface area contributed by atoms with E-state index in [1.54, 1.807) is 12.1 Å². The Hall–Kier alpha value is -0.596. The van der Waals surface area contributed by atoms with Crippen molar-refractivity contribution in [1.82, 2.24) is 0 Å². The molecule has 0 spiro atoms. The Bertz CT molecular complexity index is 772. The van der Waals surface area contributed by atoms with E-state index in [9.17, 15) is 8.78 Å². The molecule has 2 fully saturated rings. The molecule has 0 unspecified atom stereocenters. The van der Waals surface area contributed by atoms with Crippen molar-refractivity contribution >= 4 is 0 Å². The standard InChI is InChI=1S/C25H29F2.Y/c1-17-5-7-18(8-6-17)19-9-11-20(12-10-19)21-13-14-24(25(27)16-21)22-3-2-4-23(26)15-22;/h2-3,13-20H,5-12H2,1H3;/q-1;+3. The second kappa shape index (κ2) is 9.94. The van der Waals surface area contributed by atoms with Gasteiger partial charge in [-0.3, -0.25) is 0 Å². The molecule has 2 aromatic rings. The van der Waals surface area contributed by atoms with Gasteiger partial charge < -0.3 is 0 Å². The quantitative estimate of drug-likeness (QED) is 0.419. The second-order valence-electron chi connectivity index (χ2n) is 8.80. The molecule has 2 aliphatic carbocycles. The van der Waals surface area contributed by atoms with Crippen LogP contribution in [0.5, 0.6) is 0 Å². The van der Waals surface area contributed by atoms with Crippen LogP contribution in [-0.2, 0) is 32.7 Å². The van der Waals surface area contributed by atoms with Gasteiger partial charge in [0.05, 0.1) is 0 Å². The largest absolute Gasteiger partial charge is 3.00 e. The summed E-state index contributed by atoms with van der Waals surface area (Å²) in [6, 6.07) is 12.6. The van der Waals surface area contributed by atoms with E-state index < -0.39 is 5.82 Å². The molecule has 0 saturated heterocycles. The van der Waals surface area contributed by atoms with Crippen LogP contribution in [0.25, 0.3) is 11.1 Å². The first kappa shape index (κ1) is 22.1. The average Bonchev–Trinajstić information content (AvgIpc) is 2.69. The zero-order valence-electron chi connectivity index (χ0n) is 16.8. The molecule has 0 bridgehead atoms. The molecule has 0 radical (unpaired) electrons. The maximum Gasteiger partial charge on any atom is 3.00 e. The summed E-state index contributed by atoms with van der Waals surface area (Å²) in [6.07, 6.45) is 10.5. The fourth-order valence-corrected chi connectivity index (χ4v) is 5.31. The van der Waals surface area contributed by atoms with E-state index in [1.807, 2.05) is 12.1 Å². The predicted molar refractivity (Wildman–Crippen MR) is 106 cm³/mol. The minimum absolute atomic E-state index is 0. The van der Waals surface area contributed by atoms with Gasteiger partial charge in [-0.15, -0.1) is 17.7 Å². The summed E-state index contributed by atoms with van der Waals surface area (Å²) < 4.78 is 28.1. The summed E-state index contributed by atoms with van der Waals surface area (Å²) in [5.41, 5.74) is 2.15. The third-order valence-corrected chi connectivity index (χ3v) is 7.04. The molecule has 0 atom stereocenters. The SMILES string of the molecule is CC1CCC(C2CCC(c3ccc(-c4cc[c-]c(F)c4)c(F)c3)CC2)CC1.[Y+3]. The average molecular weight is 456 g/mol. The van der Waals surface area contributed by atoms with Crippen molar-refractivity contribution < 1.29 is 41.5 Å². The summed E-state index contributed by atoms with van der Waals surface area (Å²) >= 11 is 0. The van der Waals surface area contributed by atoms with Gasteiger partial charge >= 0.3 is 32.7 Å². The molecule has 0 heterocycles. The van der Waals surface area contributed by atoms with Gasteiger partial charge in [-0.1, -0.05) is 31.9 Å². The number of hydrogen-bond donors (Lipinski definition) is 0. The van der Waals surface area contributed by atoms with Crippen LogP contribution in [0.2, 0.25) is 0 Å². The zero-order chi connectivity index (χ0) is 18.8. The molecule has 2 aromatic carbocycles. The molecule has 0 amide bonds. The monoisotopic (exact) mass is 456 g/mol. The van der Waals surface area contributed by atoms with Crippen LogP contribution in [0.3, 0.4) is 0 Å².